The normalized spacial score (nSPS) is 13.2. The van der Waals surface area contributed by atoms with Crippen LogP contribution in [0.4, 0.5) is 0 Å². The van der Waals surface area contributed by atoms with Gasteiger partial charge in [0.1, 0.15) is 6.33 Å². The van der Waals surface area contributed by atoms with E-state index in [0.29, 0.717) is 40.9 Å². The van der Waals surface area contributed by atoms with Gasteiger partial charge in [0.25, 0.3) is 5.91 Å². The average Bonchev–Trinajstić information content (AvgIpc) is 3.27. The van der Waals surface area contributed by atoms with Gasteiger partial charge in [-0.1, -0.05) is 11.6 Å². The van der Waals surface area contributed by atoms with E-state index in [1.807, 2.05) is 12.1 Å². The molecule has 28 heavy (non-hydrogen) atoms. The van der Waals surface area contributed by atoms with Gasteiger partial charge >= 0.3 is 0 Å². The largest absolute Gasteiger partial charge is 0.493 e. The van der Waals surface area contributed by atoms with Crippen molar-refractivity contribution in [2.75, 3.05) is 20.8 Å². The number of carbonyl (C=O) groups is 1. The van der Waals surface area contributed by atoms with Crippen LogP contribution in [-0.4, -0.2) is 51.8 Å². The van der Waals surface area contributed by atoms with Crippen molar-refractivity contribution in [1.29, 1.82) is 0 Å². The summed E-state index contributed by atoms with van der Waals surface area (Å²) in [5, 5.41) is 11.5. The molecule has 0 saturated carbocycles. The number of rotatable bonds is 4. The molecule has 0 spiro atoms. The van der Waals surface area contributed by atoms with E-state index in [1.54, 1.807) is 37.3 Å². The Morgan fingerprint density at radius 3 is 2.54 bits per heavy atom. The van der Waals surface area contributed by atoms with E-state index in [1.165, 1.54) is 11.0 Å². The first-order valence-corrected chi connectivity index (χ1v) is 9.04. The molecule has 0 N–H and O–H groups in total. The van der Waals surface area contributed by atoms with Gasteiger partial charge in [0, 0.05) is 13.1 Å². The van der Waals surface area contributed by atoms with Crippen LogP contribution in [0.1, 0.15) is 21.5 Å². The molecule has 0 atom stereocenters. The summed E-state index contributed by atoms with van der Waals surface area (Å²) in [6.45, 7) is 1.06. The van der Waals surface area contributed by atoms with E-state index in [2.05, 4.69) is 15.5 Å². The lowest BCUT2D eigenvalue weighted by molar-refractivity contribution is 0.0734. The molecule has 0 unspecified atom stereocenters. The van der Waals surface area contributed by atoms with Crippen molar-refractivity contribution in [2.24, 2.45) is 0 Å². The van der Waals surface area contributed by atoms with Crippen molar-refractivity contribution < 1.29 is 14.3 Å². The average molecular weight is 400 g/mol. The molecule has 1 aromatic heterocycles. The summed E-state index contributed by atoms with van der Waals surface area (Å²) in [4.78, 5) is 14.9. The molecule has 0 radical (unpaired) electrons. The lowest BCUT2D eigenvalue weighted by atomic mass is 9.98. The van der Waals surface area contributed by atoms with Crippen molar-refractivity contribution in [2.45, 2.75) is 13.0 Å². The summed E-state index contributed by atoms with van der Waals surface area (Å²) in [6, 6.07) is 9.04. The van der Waals surface area contributed by atoms with E-state index < -0.39 is 0 Å². The molecular weight excluding hydrogens is 382 g/mol. The number of carbonyl (C=O) groups excluding carboxylic acids is 1. The molecular formula is C19H18ClN5O3. The first-order chi connectivity index (χ1) is 13.6. The Bertz CT molecular complexity index is 1020. The van der Waals surface area contributed by atoms with Crippen LogP contribution < -0.4 is 9.47 Å². The molecule has 3 aromatic rings. The number of nitrogens with zero attached hydrogens (tertiary/aromatic N) is 5. The van der Waals surface area contributed by atoms with Crippen LogP contribution in [0, 0.1) is 0 Å². The molecule has 1 aliphatic rings. The van der Waals surface area contributed by atoms with E-state index in [-0.39, 0.29) is 5.91 Å². The van der Waals surface area contributed by atoms with Crippen LogP contribution in [0.15, 0.2) is 36.7 Å². The second-order valence-corrected chi connectivity index (χ2v) is 6.78. The highest BCUT2D eigenvalue weighted by atomic mass is 35.5. The molecule has 144 valence electrons. The van der Waals surface area contributed by atoms with Gasteiger partial charge in [0.2, 0.25) is 0 Å². The van der Waals surface area contributed by atoms with Crippen LogP contribution in [0.5, 0.6) is 11.5 Å². The SMILES string of the molecule is COc1cc2c(cc1OC)CN(C(=O)c1cc(-n3cnnn3)ccc1Cl)CC2. The molecule has 9 heteroatoms. The predicted octanol–water partition coefficient (Wildman–Crippen LogP) is 2.53. The van der Waals surface area contributed by atoms with Gasteiger partial charge in [0.05, 0.1) is 30.5 Å². The van der Waals surface area contributed by atoms with E-state index in [0.717, 1.165) is 17.5 Å². The van der Waals surface area contributed by atoms with E-state index in [4.69, 9.17) is 21.1 Å². The van der Waals surface area contributed by atoms with Crippen molar-refractivity contribution in [1.82, 2.24) is 25.1 Å². The smallest absolute Gasteiger partial charge is 0.255 e. The maximum absolute atomic E-state index is 13.2. The number of benzene rings is 2. The molecule has 0 bridgehead atoms. The van der Waals surface area contributed by atoms with Gasteiger partial charge in [-0.2, -0.15) is 0 Å². The van der Waals surface area contributed by atoms with Gasteiger partial charge in [-0.25, -0.2) is 4.68 Å². The number of tetrazole rings is 1. The van der Waals surface area contributed by atoms with Crippen molar-refractivity contribution in [3.05, 3.63) is 58.4 Å². The second kappa shape index (κ2) is 7.47. The molecule has 4 rings (SSSR count). The maximum Gasteiger partial charge on any atom is 0.255 e. The summed E-state index contributed by atoms with van der Waals surface area (Å²) < 4.78 is 12.2. The minimum absolute atomic E-state index is 0.139. The van der Waals surface area contributed by atoms with Crippen LogP contribution in [0.2, 0.25) is 5.02 Å². The Balaban J connectivity index is 1.63. The van der Waals surface area contributed by atoms with Gasteiger partial charge in [0.15, 0.2) is 11.5 Å². The Labute approximate surface area is 166 Å². The molecule has 8 nitrogen and oxygen atoms in total. The summed E-state index contributed by atoms with van der Waals surface area (Å²) in [7, 11) is 3.21. The zero-order valence-electron chi connectivity index (χ0n) is 15.4. The van der Waals surface area contributed by atoms with E-state index in [9.17, 15) is 4.79 Å². The fourth-order valence-electron chi connectivity index (χ4n) is 3.33. The fraction of sp³-hybridized carbons (Fsp3) is 0.263. The van der Waals surface area contributed by atoms with Crippen molar-refractivity contribution in [3.8, 4) is 17.2 Å². The third kappa shape index (κ3) is 3.27. The van der Waals surface area contributed by atoms with Gasteiger partial charge in [-0.15, -0.1) is 5.10 Å². The van der Waals surface area contributed by atoms with Crippen molar-refractivity contribution >= 4 is 17.5 Å². The number of amides is 1. The zero-order chi connectivity index (χ0) is 19.7. The number of methoxy groups -OCH3 is 2. The number of hydrogen-bond donors (Lipinski definition) is 0. The highest BCUT2D eigenvalue weighted by molar-refractivity contribution is 6.33. The third-order valence-corrected chi connectivity index (χ3v) is 5.13. The lowest BCUT2D eigenvalue weighted by Crippen LogP contribution is -2.36. The summed E-state index contributed by atoms with van der Waals surface area (Å²) in [6.07, 6.45) is 2.19. The quantitative estimate of drug-likeness (QED) is 0.670. The van der Waals surface area contributed by atoms with Gasteiger partial charge in [-0.3, -0.25) is 4.79 Å². The number of fused-ring (bicyclic) bond motifs is 1. The Hall–Kier alpha value is -3.13. The zero-order valence-corrected chi connectivity index (χ0v) is 16.2. The number of halogens is 1. The summed E-state index contributed by atoms with van der Waals surface area (Å²) >= 11 is 6.31. The Kier molecular flexibility index (Phi) is 4.87. The number of aromatic nitrogens is 4. The molecule has 1 aliphatic heterocycles. The second-order valence-electron chi connectivity index (χ2n) is 6.37. The summed E-state index contributed by atoms with van der Waals surface area (Å²) in [5.41, 5.74) is 3.26. The standard InChI is InChI=1S/C19H18ClN5O3/c1-27-17-7-12-5-6-24(10-13(12)8-18(17)28-2)19(26)15-9-14(3-4-16(15)20)25-11-21-22-23-25/h3-4,7-9,11H,5-6,10H2,1-2H3. The molecule has 0 fully saturated rings. The first-order valence-electron chi connectivity index (χ1n) is 8.66. The summed E-state index contributed by atoms with van der Waals surface area (Å²) in [5.74, 6) is 1.20. The molecule has 2 aromatic carbocycles. The minimum Gasteiger partial charge on any atom is -0.493 e. The van der Waals surface area contributed by atoms with Crippen LogP contribution >= 0.6 is 11.6 Å². The third-order valence-electron chi connectivity index (χ3n) is 4.80. The number of hydrogen-bond acceptors (Lipinski definition) is 6. The topological polar surface area (TPSA) is 82.4 Å². The monoisotopic (exact) mass is 399 g/mol. The van der Waals surface area contributed by atoms with Gasteiger partial charge < -0.3 is 14.4 Å². The molecule has 2 heterocycles. The maximum atomic E-state index is 13.2. The Morgan fingerprint density at radius 2 is 1.86 bits per heavy atom. The first kappa shape index (κ1) is 18.2. The Morgan fingerprint density at radius 1 is 1.11 bits per heavy atom. The van der Waals surface area contributed by atoms with Gasteiger partial charge in [-0.05, 0) is 58.3 Å². The predicted molar refractivity (Wildman–Crippen MR) is 102 cm³/mol. The highest BCUT2D eigenvalue weighted by Gasteiger charge is 2.25. The highest BCUT2D eigenvalue weighted by Crippen LogP contribution is 2.34. The van der Waals surface area contributed by atoms with Crippen LogP contribution in [-0.2, 0) is 13.0 Å². The minimum atomic E-state index is -0.139. The van der Waals surface area contributed by atoms with Crippen molar-refractivity contribution in [3.63, 3.8) is 0 Å². The molecule has 0 saturated heterocycles. The molecule has 1 amide bonds. The lowest BCUT2D eigenvalue weighted by Gasteiger charge is -2.30. The van der Waals surface area contributed by atoms with E-state index >= 15 is 0 Å². The fourth-order valence-corrected chi connectivity index (χ4v) is 3.52. The van der Waals surface area contributed by atoms with Crippen LogP contribution in [0.25, 0.3) is 5.69 Å². The number of ether oxygens (including phenoxy) is 2. The van der Waals surface area contributed by atoms with Crippen LogP contribution in [0.3, 0.4) is 0 Å². The molecule has 0 aliphatic carbocycles.